The first-order valence-electron chi connectivity index (χ1n) is 5.39. The van der Waals surface area contributed by atoms with Gasteiger partial charge in [-0.1, -0.05) is 17.7 Å². The van der Waals surface area contributed by atoms with Crippen molar-refractivity contribution < 1.29 is 19.0 Å². The van der Waals surface area contributed by atoms with Crippen LogP contribution in [0.3, 0.4) is 0 Å². The Balaban J connectivity index is 2.62. The van der Waals surface area contributed by atoms with Gasteiger partial charge in [-0.3, -0.25) is 0 Å². The van der Waals surface area contributed by atoms with Gasteiger partial charge in [-0.15, -0.1) is 0 Å². The number of carboxylic acids is 1. The lowest BCUT2D eigenvalue weighted by molar-refractivity contribution is 0.0697. The molecule has 2 aromatic rings. The number of aromatic carboxylic acids is 1. The lowest BCUT2D eigenvalue weighted by Gasteiger charge is -2.09. The SMILES string of the molecule is COc1ccc(-c2ccc(Cl)cc2C(=O)O)c(F)c1. The Labute approximate surface area is 114 Å². The molecule has 2 rings (SSSR count). The largest absolute Gasteiger partial charge is 0.497 e. The van der Waals surface area contributed by atoms with E-state index in [1.807, 2.05) is 0 Å². The summed E-state index contributed by atoms with van der Waals surface area (Å²) in [6.45, 7) is 0. The van der Waals surface area contributed by atoms with Crippen LogP contribution in [0.2, 0.25) is 5.02 Å². The number of benzene rings is 2. The number of hydrogen-bond acceptors (Lipinski definition) is 2. The Bertz CT molecular complexity index is 641. The van der Waals surface area contributed by atoms with Crippen molar-refractivity contribution in [1.82, 2.24) is 0 Å². The van der Waals surface area contributed by atoms with E-state index < -0.39 is 11.8 Å². The van der Waals surface area contributed by atoms with Gasteiger partial charge in [0.25, 0.3) is 0 Å². The molecule has 0 fully saturated rings. The summed E-state index contributed by atoms with van der Waals surface area (Å²) < 4.78 is 18.9. The van der Waals surface area contributed by atoms with Crippen LogP contribution in [0, 0.1) is 5.82 Å². The Morgan fingerprint density at radius 2 is 1.89 bits per heavy atom. The first-order chi connectivity index (χ1) is 9.02. The van der Waals surface area contributed by atoms with Gasteiger partial charge in [0.15, 0.2) is 0 Å². The number of hydrogen-bond donors (Lipinski definition) is 1. The quantitative estimate of drug-likeness (QED) is 0.929. The number of carboxylic acid groups (broad SMARTS) is 1. The molecule has 0 atom stereocenters. The molecule has 0 saturated carbocycles. The molecule has 0 saturated heterocycles. The first-order valence-corrected chi connectivity index (χ1v) is 5.77. The lowest BCUT2D eigenvalue weighted by Crippen LogP contribution is -2.00. The van der Waals surface area contributed by atoms with Gasteiger partial charge in [-0.05, 0) is 29.8 Å². The molecule has 0 aromatic heterocycles. The molecule has 0 unspecified atom stereocenters. The molecule has 3 nitrogen and oxygen atoms in total. The number of methoxy groups -OCH3 is 1. The molecule has 0 aliphatic carbocycles. The predicted molar refractivity (Wildman–Crippen MR) is 70.4 cm³/mol. The lowest BCUT2D eigenvalue weighted by atomic mass is 9.99. The molecular weight excluding hydrogens is 271 g/mol. The summed E-state index contributed by atoms with van der Waals surface area (Å²) in [5, 5.41) is 9.42. The van der Waals surface area contributed by atoms with Crippen LogP contribution in [0.15, 0.2) is 36.4 Å². The molecule has 0 amide bonds. The van der Waals surface area contributed by atoms with E-state index in [0.717, 1.165) is 0 Å². The molecule has 2 aromatic carbocycles. The highest BCUT2D eigenvalue weighted by Gasteiger charge is 2.15. The van der Waals surface area contributed by atoms with Gasteiger partial charge in [0.2, 0.25) is 0 Å². The van der Waals surface area contributed by atoms with Crippen LogP contribution in [0.1, 0.15) is 10.4 Å². The smallest absolute Gasteiger partial charge is 0.336 e. The van der Waals surface area contributed by atoms with Gasteiger partial charge in [0, 0.05) is 16.7 Å². The van der Waals surface area contributed by atoms with Crippen molar-refractivity contribution in [2.45, 2.75) is 0 Å². The van der Waals surface area contributed by atoms with E-state index in [-0.39, 0.29) is 21.7 Å². The molecule has 0 aliphatic rings. The van der Waals surface area contributed by atoms with Crippen molar-refractivity contribution in [3.63, 3.8) is 0 Å². The van der Waals surface area contributed by atoms with Gasteiger partial charge < -0.3 is 9.84 Å². The van der Waals surface area contributed by atoms with Crippen molar-refractivity contribution in [3.05, 3.63) is 52.8 Å². The van der Waals surface area contributed by atoms with E-state index in [9.17, 15) is 9.18 Å². The van der Waals surface area contributed by atoms with Gasteiger partial charge in [0.1, 0.15) is 11.6 Å². The maximum absolute atomic E-state index is 14.0. The zero-order chi connectivity index (χ0) is 14.0. The van der Waals surface area contributed by atoms with E-state index in [1.54, 1.807) is 6.07 Å². The minimum absolute atomic E-state index is 0.0448. The summed E-state index contributed by atoms with van der Waals surface area (Å²) in [6.07, 6.45) is 0. The van der Waals surface area contributed by atoms with Crippen molar-refractivity contribution in [2.75, 3.05) is 7.11 Å². The van der Waals surface area contributed by atoms with Crippen LogP contribution >= 0.6 is 11.6 Å². The maximum Gasteiger partial charge on any atom is 0.336 e. The fourth-order valence-electron chi connectivity index (χ4n) is 1.77. The zero-order valence-corrected chi connectivity index (χ0v) is 10.7. The zero-order valence-electron chi connectivity index (χ0n) is 9.98. The van der Waals surface area contributed by atoms with Crippen molar-refractivity contribution >= 4 is 17.6 Å². The minimum Gasteiger partial charge on any atom is -0.497 e. The van der Waals surface area contributed by atoms with Crippen LogP contribution in [0.5, 0.6) is 5.75 Å². The second-order valence-corrected chi connectivity index (χ2v) is 4.28. The topological polar surface area (TPSA) is 46.5 Å². The molecule has 19 heavy (non-hydrogen) atoms. The third kappa shape index (κ3) is 2.69. The number of rotatable bonds is 3. The van der Waals surface area contributed by atoms with Crippen LogP contribution in [0.25, 0.3) is 11.1 Å². The molecule has 0 bridgehead atoms. The van der Waals surface area contributed by atoms with Gasteiger partial charge in [-0.25, -0.2) is 9.18 Å². The highest BCUT2D eigenvalue weighted by Crippen LogP contribution is 2.30. The number of halogens is 2. The highest BCUT2D eigenvalue weighted by molar-refractivity contribution is 6.31. The number of carbonyl (C=O) groups is 1. The summed E-state index contributed by atoms with van der Waals surface area (Å²) in [6, 6.07) is 8.55. The standard InChI is InChI=1S/C14H10ClFO3/c1-19-9-3-5-11(13(16)7-9)10-4-2-8(15)6-12(10)14(17)18/h2-7H,1H3,(H,17,18). The van der Waals surface area contributed by atoms with Crippen LogP contribution in [0.4, 0.5) is 4.39 Å². The fraction of sp³-hybridized carbons (Fsp3) is 0.0714. The van der Waals surface area contributed by atoms with E-state index in [1.165, 1.54) is 37.4 Å². The normalized spacial score (nSPS) is 10.3. The first kappa shape index (κ1) is 13.4. The summed E-state index contributed by atoms with van der Waals surface area (Å²) in [7, 11) is 1.43. The molecular formula is C14H10ClFO3. The average molecular weight is 281 g/mol. The van der Waals surface area contributed by atoms with Crippen molar-refractivity contribution in [3.8, 4) is 16.9 Å². The molecule has 5 heteroatoms. The third-order valence-electron chi connectivity index (χ3n) is 2.68. The molecule has 0 spiro atoms. The van der Waals surface area contributed by atoms with Gasteiger partial charge in [0.05, 0.1) is 12.7 Å². The Morgan fingerprint density at radius 3 is 2.47 bits per heavy atom. The van der Waals surface area contributed by atoms with Gasteiger partial charge in [-0.2, -0.15) is 0 Å². The highest BCUT2D eigenvalue weighted by atomic mass is 35.5. The molecule has 0 heterocycles. The monoisotopic (exact) mass is 280 g/mol. The summed E-state index contributed by atoms with van der Waals surface area (Å²) in [4.78, 5) is 11.2. The Kier molecular flexibility index (Phi) is 3.71. The summed E-state index contributed by atoms with van der Waals surface area (Å²) in [5.74, 6) is -1.34. The van der Waals surface area contributed by atoms with Crippen LogP contribution < -0.4 is 4.74 Å². The van der Waals surface area contributed by atoms with E-state index >= 15 is 0 Å². The molecule has 0 radical (unpaired) electrons. The van der Waals surface area contributed by atoms with Crippen LogP contribution in [-0.4, -0.2) is 18.2 Å². The second-order valence-electron chi connectivity index (χ2n) is 3.84. The van der Waals surface area contributed by atoms with Crippen molar-refractivity contribution in [1.29, 1.82) is 0 Å². The fourth-order valence-corrected chi connectivity index (χ4v) is 1.94. The third-order valence-corrected chi connectivity index (χ3v) is 2.91. The average Bonchev–Trinajstić information content (AvgIpc) is 2.39. The van der Waals surface area contributed by atoms with Crippen LogP contribution in [-0.2, 0) is 0 Å². The molecule has 0 aliphatic heterocycles. The van der Waals surface area contributed by atoms with E-state index in [4.69, 9.17) is 21.4 Å². The summed E-state index contributed by atoms with van der Waals surface area (Å²) >= 11 is 5.76. The second kappa shape index (κ2) is 5.28. The molecule has 98 valence electrons. The molecule has 1 N–H and O–H groups in total. The Hall–Kier alpha value is -2.07. The van der Waals surface area contributed by atoms with Gasteiger partial charge >= 0.3 is 5.97 Å². The minimum atomic E-state index is -1.16. The van der Waals surface area contributed by atoms with E-state index in [2.05, 4.69) is 0 Å². The predicted octanol–water partition coefficient (Wildman–Crippen LogP) is 3.85. The van der Waals surface area contributed by atoms with Crippen molar-refractivity contribution in [2.24, 2.45) is 0 Å². The maximum atomic E-state index is 14.0. The van der Waals surface area contributed by atoms with E-state index in [0.29, 0.717) is 5.75 Å². The number of ether oxygens (including phenoxy) is 1. The Morgan fingerprint density at radius 1 is 1.21 bits per heavy atom. The summed E-state index contributed by atoms with van der Waals surface area (Å²) in [5.41, 5.74) is 0.420.